The highest BCUT2D eigenvalue weighted by molar-refractivity contribution is 6.36. The monoisotopic (exact) mass is 529 g/mol. The summed E-state index contributed by atoms with van der Waals surface area (Å²) in [5.74, 6) is 1.52. The molecule has 1 saturated carbocycles. The summed E-state index contributed by atoms with van der Waals surface area (Å²) in [6.45, 7) is 10.3. The zero-order chi connectivity index (χ0) is 25.5. The van der Waals surface area contributed by atoms with Gasteiger partial charge >= 0.3 is 0 Å². The van der Waals surface area contributed by atoms with Crippen LogP contribution in [0.3, 0.4) is 0 Å². The van der Waals surface area contributed by atoms with Crippen LogP contribution in [0.2, 0.25) is 10.0 Å². The second-order valence-electron chi connectivity index (χ2n) is 9.91. The molecule has 1 aliphatic heterocycles. The zero-order valence-corrected chi connectivity index (χ0v) is 22.3. The van der Waals surface area contributed by atoms with Crippen molar-refractivity contribution in [3.8, 4) is 11.1 Å². The Morgan fingerprint density at radius 1 is 0.973 bits per heavy atom. The summed E-state index contributed by atoms with van der Waals surface area (Å²) < 4.78 is 0. The van der Waals surface area contributed by atoms with Crippen molar-refractivity contribution >= 4 is 56.9 Å². The molecule has 1 aliphatic carbocycles. The Balaban J connectivity index is 1.42. The Bertz CT molecular complexity index is 1470. The number of piperazine rings is 1. The predicted octanol–water partition coefficient (Wildman–Crippen LogP) is 7.49. The van der Waals surface area contributed by atoms with Gasteiger partial charge < -0.3 is 15.5 Å². The first-order valence-corrected chi connectivity index (χ1v) is 13.5. The van der Waals surface area contributed by atoms with Gasteiger partial charge in [0.15, 0.2) is 0 Å². The molecule has 0 spiro atoms. The van der Waals surface area contributed by atoms with Crippen molar-refractivity contribution in [3.63, 3.8) is 0 Å². The number of nitrogens with zero attached hydrogens (tertiary/aromatic N) is 3. The Hall–Kier alpha value is -3.12. The molecule has 0 unspecified atom stereocenters. The Morgan fingerprint density at radius 3 is 2.41 bits per heavy atom. The van der Waals surface area contributed by atoms with Crippen molar-refractivity contribution in [2.45, 2.75) is 19.8 Å². The normalized spacial score (nSPS) is 15.7. The highest BCUT2D eigenvalue weighted by Crippen LogP contribution is 2.45. The molecule has 1 saturated heterocycles. The molecular weight excluding hydrogens is 501 g/mol. The van der Waals surface area contributed by atoms with E-state index in [-0.39, 0.29) is 0 Å². The van der Waals surface area contributed by atoms with Crippen LogP contribution in [0.25, 0.3) is 27.6 Å². The molecule has 2 aliphatic rings. The molecule has 3 heterocycles. The molecule has 7 heteroatoms. The van der Waals surface area contributed by atoms with Crippen molar-refractivity contribution in [2.24, 2.45) is 5.92 Å². The molecule has 2 aromatic heterocycles. The van der Waals surface area contributed by atoms with E-state index in [1.165, 1.54) is 12.8 Å². The van der Waals surface area contributed by atoms with Gasteiger partial charge in [0, 0.05) is 53.4 Å². The number of hydrogen-bond acceptors (Lipinski definition) is 5. The molecular formula is C30H29Cl2N5. The van der Waals surface area contributed by atoms with Gasteiger partial charge in [-0.2, -0.15) is 0 Å². The lowest BCUT2D eigenvalue weighted by molar-refractivity contribution is 0.585. The number of halogens is 2. The number of nitrogens with one attached hydrogen (secondary N) is 2. The molecule has 2 aromatic carbocycles. The Morgan fingerprint density at radius 2 is 1.73 bits per heavy atom. The summed E-state index contributed by atoms with van der Waals surface area (Å²) in [7, 11) is 0. The van der Waals surface area contributed by atoms with Gasteiger partial charge in [-0.25, -0.2) is 4.98 Å². The number of allylic oxidation sites excluding steroid dienone is 1. The SMILES string of the molecule is C=C(c1cnc2ccc(-c3cc(Cl)c(C)c(Cl)c3)cc2c1Nc1ccc(N2CCNCC2)nc1)C1CC1. The third-order valence-corrected chi connectivity index (χ3v) is 8.14. The first kappa shape index (κ1) is 24.2. The fourth-order valence-corrected chi connectivity index (χ4v) is 5.39. The number of rotatable bonds is 6. The summed E-state index contributed by atoms with van der Waals surface area (Å²) in [5, 5.41) is 9.40. The van der Waals surface area contributed by atoms with Crippen LogP contribution in [-0.4, -0.2) is 36.1 Å². The summed E-state index contributed by atoms with van der Waals surface area (Å²) in [6, 6.07) is 14.4. The quantitative estimate of drug-likeness (QED) is 0.271. The van der Waals surface area contributed by atoms with Crippen LogP contribution >= 0.6 is 23.2 Å². The van der Waals surface area contributed by atoms with Crippen LogP contribution in [0.4, 0.5) is 17.2 Å². The van der Waals surface area contributed by atoms with Crippen LogP contribution < -0.4 is 15.5 Å². The van der Waals surface area contributed by atoms with E-state index in [2.05, 4.69) is 46.4 Å². The zero-order valence-electron chi connectivity index (χ0n) is 20.8. The van der Waals surface area contributed by atoms with Gasteiger partial charge in [-0.05, 0) is 84.3 Å². The highest BCUT2D eigenvalue weighted by Gasteiger charge is 2.28. The lowest BCUT2D eigenvalue weighted by Crippen LogP contribution is -2.43. The molecule has 2 N–H and O–H groups in total. The van der Waals surface area contributed by atoms with E-state index in [9.17, 15) is 0 Å². The molecule has 5 nitrogen and oxygen atoms in total. The first-order valence-electron chi connectivity index (χ1n) is 12.7. The number of benzene rings is 2. The molecule has 37 heavy (non-hydrogen) atoms. The number of fused-ring (bicyclic) bond motifs is 1. The fraction of sp³-hybridized carbons (Fsp3) is 0.267. The van der Waals surface area contributed by atoms with E-state index in [0.29, 0.717) is 16.0 Å². The van der Waals surface area contributed by atoms with Gasteiger partial charge in [0.25, 0.3) is 0 Å². The maximum atomic E-state index is 6.47. The lowest BCUT2D eigenvalue weighted by Gasteiger charge is -2.28. The standard InChI is InChI=1S/C30H29Cl2N5/c1-18(20-3-4-20)25-17-34-28-7-5-21(22-14-26(31)19(2)27(32)15-22)13-24(28)30(25)36-23-6-8-29(35-16-23)37-11-9-33-10-12-37/h5-8,13-17,20,33H,1,3-4,9-12H2,2H3,(H,34,36). The number of anilines is 3. The van der Waals surface area contributed by atoms with Gasteiger partial charge in [0.05, 0.1) is 23.1 Å². The second-order valence-corrected chi connectivity index (χ2v) is 10.7. The number of hydrogen-bond donors (Lipinski definition) is 2. The van der Waals surface area contributed by atoms with Crippen molar-refractivity contribution < 1.29 is 0 Å². The molecule has 4 aromatic rings. The minimum Gasteiger partial charge on any atom is -0.354 e. The largest absolute Gasteiger partial charge is 0.354 e. The van der Waals surface area contributed by atoms with Gasteiger partial charge in [0.2, 0.25) is 0 Å². The average Bonchev–Trinajstić information content (AvgIpc) is 3.78. The minimum atomic E-state index is 0.519. The Kier molecular flexibility index (Phi) is 6.53. The van der Waals surface area contributed by atoms with Gasteiger partial charge in [0.1, 0.15) is 5.82 Å². The third-order valence-electron chi connectivity index (χ3n) is 7.36. The maximum Gasteiger partial charge on any atom is 0.128 e. The molecule has 188 valence electrons. The van der Waals surface area contributed by atoms with Crippen molar-refractivity contribution in [3.05, 3.63) is 82.6 Å². The average molecular weight is 531 g/mol. The molecule has 0 amide bonds. The predicted molar refractivity (Wildman–Crippen MR) is 156 cm³/mol. The van der Waals surface area contributed by atoms with Crippen molar-refractivity contribution in [1.29, 1.82) is 0 Å². The van der Waals surface area contributed by atoms with Crippen molar-refractivity contribution in [2.75, 3.05) is 36.4 Å². The van der Waals surface area contributed by atoms with E-state index < -0.39 is 0 Å². The van der Waals surface area contributed by atoms with E-state index in [1.807, 2.05) is 37.5 Å². The maximum absolute atomic E-state index is 6.47. The van der Waals surface area contributed by atoms with Gasteiger partial charge in [-0.15, -0.1) is 0 Å². The second kappa shape index (κ2) is 9.97. The van der Waals surface area contributed by atoms with Crippen molar-refractivity contribution in [1.82, 2.24) is 15.3 Å². The smallest absolute Gasteiger partial charge is 0.128 e. The van der Waals surface area contributed by atoms with E-state index in [0.717, 1.165) is 82.1 Å². The summed E-state index contributed by atoms with van der Waals surface area (Å²) in [5.41, 5.74) is 7.93. The molecule has 2 fully saturated rings. The molecule has 0 radical (unpaired) electrons. The first-order chi connectivity index (χ1) is 18.0. The van der Waals surface area contributed by atoms with Gasteiger partial charge in [-0.3, -0.25) is 4.98 Å². The summed E-state index contributed by atoms with van der Waals surface area (Å²) in [4.78, 5) is 11.9. The minimum absolute atomic E-state index is 0.519. The van der Waals surface area contributed by atoms with E-state index in [4.69, 9.17) is 33.2 Å². The van der Waals surface area contributed by atoms with E-state index >= 15 is 0 Å². The molecule has 6 rings (SSSR count). The summed E-state index contributed by atoms with van der Waals surface area (Å²) >= 11 is 12.9. The lowest BCUT2D eigenvalue weighted by atomic mass is 9.97. The van der Waals surface area contributed by atoms with Crippen LogP contribution in [-0.2, 0) is 0 Å². The molecule has 0 bridgehead atoms. The topological polar surface area (TPSA) is 53.1 Å². The van der Waals surface area contributed by atoms with Crippen LogP contribution in [0.1, 0.15) is 24.0 Å². The van der Waals surface area contributed by atoms with Crippen LogP contribution in [0, 0.1) is 12.8 Å². The number of aromatic nitrogens is 2. The van der Waals surface area contributed by atoms with Crippen LogP contribution in [0.15, 0.2) is 61.4 Å². The highest BCUT2D eigenvalue weighted by atomic mass is 35.5. The Labute approximate surface area is 227 Å². The van der Waals surface area contributed by atoms with Crippen LogP contribution in [0.5, 0.6) is 0 Å². The molecule has 0 atom stereocenters. The number of pyridine rings is 2. The third kappa shape index (κ3) is 4.91. The summed E-state index contributed by atoms with van der Waals surface area (Å²) in [6.07, 6.45) is 6.22. The van der Waals surface area contributed by atoms with Gasteiger partial charge in [-0.1, -0.05) is 35.8 Å². The van der Waals surface area contributed by atoms with E-state index in [1.54, 1.807) is 0 Å². The fourth-order valence-electron chi connectivity index (χ4n) is 4.90.